The van der Waals surface area contributed by atoms with Crippen LogP contribution in [0.3, 0.4) is 0 Å². The predicted octanol–water partition coefficient (Wildman–Crippen LogP) is 5.05. The van der Waals surface area contributed by atoms with Crippen molar-refractivity contribution in [1.82, 2.24) is 4.90 Å². The minimum absolute atomic E-state index is 0.00447. The van der Waals surface area contributed by atoms with Crippen molar-refractivity contribution in [2.45, 2.75) is 36.3 Å². The maximum Gasteiger partial charge on any atom is 0.188 e. The summed E-state index contributed by atoms with van der Waals surface area (Å²) >= 11 is 0. The number of ketones is 2. The third-order valence-corrected chi connectivity index (χ3v) is 9.15. The number of methoxy groups -OCH3 is 1. The van der Waals surface area contributed by atoms with Crippen LogP contribution >= 0.6 is 0 Å². The molecule has 2 saturated heterocycles. The summed E-state index contributed by atoms with van der Waals surface area (Å²) in [5, 5.41) is 32.6. The van der Waals surface area contributed by atoms with Crippen molar-refractivity contribution in [1.29, 1.82) is 0 Å². The molecule has 7 heteroatoms. The van der Waals surface area contributed by atoms with E-state index in [1.54, 1.807) is 12.1 Å². The van der Waals surface area contributed by atoms with E-state index in [1.165, 1.54) is 31.4 Å². The smallest absolute Gasteiger partial charge is 0.188 e. The molecule has 1 spiro atoms. The van der Waals surface area contributed by atoms with E-state index in [4.69, 9.17) is 4.74 Å². The molecule has 0 saturated carbocycles. The summed E-state index contributed by atoms with van der Waals surface area (Å²) in [4.78, 5) is 31.5. The lowest BCUT2D eigenvalue weighted by Crippen LogP contribution is -2.47. The fraction of sp³-hybridized carbons (Fsp3) is 0.250. The number of phenolic OH excluding ortho intramolecular Hbond substituents is 3. The maximum absolute atomic E-state index is 14.8. The fourth-order valence-electron chi connectivity index (χ4n) is 7.57. The van der Waals surface area contributed by atoms with Crippen molar-refractivity contribution in [3.8, 4) is 23.0 Å². The molecule has 2 aliphatic heterocycles. The normalized spacial score (nSPS) is 25.5. The third kappa shape index (κ3) is 2.91. The number of rotatable bonds is 4. The molecule has 196 valence electrons. The Labute approximate surface area is 224 Å². The van der Waals surface area contributed by atoms with Gasteiger partial charge in [-0.1, -0.05) is 42.5 Å². The molecule has 3 atom stereocenters. The second kappa shape index (κ2) is 8.07. The molecule has 7 nitrogen and oxygen atoms in total. The van der Waals surface area contributed by atoms with Gasteiger partial charge in [-0.05, 0) is 78.0 Å². The zero-order valence-corrected chi connectivity index (χ0v) is 21.3. The fourth-order valence-corrected chi connectivity index (χ4v) is 7.57. The molecule has 4 aromatic rings. The number of benzene rings is 4. The van der Waals surface area contributed by atoms with Crippen LogP contribution in [0.25, 0.3) is 10.8 Å². The van der Waals surface area contributed by atoms with E-state index in [9.17, 15) is 24.9 Å². The summed E-state index contributed by atoms with van der Waals surface area (Å²) in [7, 11) is 1.46. The first-order valence-corrected chi connectivity index (χ1v) is 13.1. The molecule has 1 aliphatic carbocycles. The molecule has 0 radical (unpaired) electrons. The van der Waals surface area contributed by atoms with Gasteiger partial charge in [-0.3, -0.25) is 14.5 Å². The zero-order valence-electron chi connectivity index (χ0n) is 21.3. The van der Waals surface area contributed by atoms with Crippen LogP contribution in [0.4, 0.5) is 0 Å². The molecule has 2 heterocycles. The molecule has 3 unspecified atom stereocenters. The summed E-state index contributed by atoms with van der Waals surface area (Å²) in [5.41, 5.74) is 0.232. The van der Waals surface area contributed by atoms with Crippen molar-refractivity contribution < 1.29 is 29.6 Å². The molecule has 0 aromatic heterocycles. The number of hydrogen-bond acceptors (Lipinski definition) is 7. The summed E-state index contributed by atoms with van der Waals surface area (Å²) in [6, 6.07) is 20.5. The summed E-state index contributed by atoms with van der Waals surface area (Å²) < 4.78 is 5.44. The number of Topliss-reactive ketones (excluding diaryl/α,β-unsaturated/α-hetero) is 2. The number of fused-ring (bicyclic) bond motifs is 3. The number of nitrogens with zero attached hydrogens (tertiary/aromatic N) is 1. The molecule has 3 aliphatic rings. The first-order valence-electron chi connectivity index (χ1n) is 13.1. The number of carbonyl (C=O) groups is 2. The number of aromatic hydroxyl groups is 3. The van der Waals surface area contributed by atoms with E-state index >= 15 is 0 Å². The van der Waals surface area contributed by atoms with Crippen LogP contribution < -0.4 is 4.74 Å². The highest BCUT2D eigenvalue weighted by atomic mass is 16.5. The van der Waals surface area contributed by atoms with Crippen LogP contribution in [-0.2, 0) is 11.0 Å². The first kappa shape index (κ1) is 23.7. The van der Waals surface area contributed by atoms with Crippen LogP contribution in [0.1, 0.15) is 51.1 Å². The summed E-state index contributed by atoms with van der Waals surface area (Å²) in [6.07, 6.45) is 1.71. The van der Waals surface area contributed by atoms with Gasteiger partial charge in [0.15, 0.2) is 34.6 Å². The summed E-state index contributed by atoms with van der Waals surface area (Å²) in [5.74, 6) is -0.765. The largest absolute Gasteiger partial charge is 0.504 e. The molecule has 4 aromatic carbocycles. The second-order valence-electron chi connectivity index (χ2n) is 10.8. The lowest BCUT2D eigenvalue weighted by atomic mass is 9.65. The quantitative estimate of drug-likeness (QED) is 0.255. The standard InChI is InChI=1S/C32H27NO6/c1-39-26-16-20(11-13-24(26)35)31(29(37)19-10-12-23(34)25(36)15-19)17-32(33-14-4-9-27(31)33)22-8-3-6-18-5-2-7-21(28(18)22)30(32)38/h2-3,5-8,10-13,15-16,27,34-36H,4,9,14,17H2,1H3. The number of carbonyl (C=O) groups excluding carboxylic acids is 2. The zero-order chi connectivity index (χ0) is 27.1. The number of phenols is 3. The van der Waals surface area contributed by atoms with Crippen molar-refractivity contribution in [2.24, 2.45) is 0 Å². The second-order valence-corrected chi connectivity index (χ2v) is 10.8. The number of ether oxygens (including phenoxy) is 1. The highest BCUT2D eigenvalue weighted by molar-refractivity contribution is 6.21. The molecule has 7 rings (SSSR count). The summed E-state index contributed by atoms with van der Waals surface area (Å²) in [6.45, 7) is 0.659. The molecular formula is C32H27NO6. The number of hydrogen-bond donors (Lipinski definition) is 3. The van der Waals surface area contributed by atoms with Gasteiger partial charge >= 0.3 is 0 Å². The Kier molecular flexibility index (Phi) is 4.91. The van der Waals surface area contributed by atoms with Crippen LogP contribution in [0, 0.1) is 0 Å². The van der Waals surface area contributed by atoms with Crippen molar-refractivity contribution in [2.75, 3.05) is 13.7 Å². The SMILES string of the molecule is COc1cc(C2(C(=O)c3ccc(O)c(O)c3)CC3(C(=O)c4cccc5cccc3c45)N3CCCC32)ccc1O. The highest BCUT2D eigenvalue weighted by Crippen LogP contribution is 2.62. The minimum Gasteiger partial charge on any atom is -0.504 e. The van der Waals surface area contributed by atoms with Crippen LogP contribution in [0.5, 0.6) is 23.0 Å². The van der Waals surface area contributed by atoms with E-state index in [-0.39, 0.29) is 52.6 Å². The van der Waals surface area contributed by atoms with E-state index < -0.39 is 11.0 Å². The van der Waals surface area contributed by atoms with E-state index in [2.05, 4.69) is 4.90 Å². The van der Waals surface area contributed by atoms with Gasteiger partial charge in [-0.2, -0.15) is 0 Å². The van der Waals surface area contributed by atoms with Crippen molar-refractivity contribution in [3.63, 3.8) is 0 Å². The van der Waals surface area contributed by atoms with Gasteiger partial charge in [0.2, 0.25) is 0 Å². The Morgan fingerprint density at radius 1 is 0.949 bits per heavy atom. The Morgan fingerprint density at radius 3 is 2.49 bits per heavy atom. The van der Waals surface area contributed by atoms with Gasteiger partial charge < -0.3 is 20.1 Å². The van der Waals surface area contributed by atoms with Gasteiger partial charge in [-0.15, -0.1) is 0 Å². The van der Waals surface area contributed by atoms with Gasteiger partial charge in [-0.25, -0.2) is 0 Å². The molecule has 0 bridgehead atoms. The minimum atomic E-state index is -1.19. The van der Waals surface area contributed by atoms with Gasteiger partial charge in [0.25, 0.3) is 0 Å². The van der Waals surface area contributed by atoms with E-state index in [0.29, 0.717) is 24.1 Å². The lowest BCUT2D eigenvalue weighted by Gasteiger charge is -2.35. The topological polar surface area (TPSA) is 107 Å². The molecule has 3 N–H and O–H groups in total. The lowest BCUT2D eigenvalue weighted by molar-refractivity contribution is 0.0668. The van der Waals surface area contributed by atoms with Crippen LogP contribution in [0.15, 0.2) is 72.8 Å². The van der Waals surface area contributed by atoms with E-state index in [1.807, 2.05) is 36.4 Å². The first-order chi connectivity index (χ1) is 18.8. The molecular weight excluding hydrogens is 494 g/mol. The van der Waals surface area contributed by atoms with Gasteiger partial charge in [0.05, 0.1) is 12.5 Å². The third-order valence-electron chi connectivity index (χ3n) is 9.15. The molecule has 39 heavy (non-hydrogen) atoms. The van der Waals surface area contributed by atoms with Crippen molar-refractivity contribution >= 4 is 22.3 Å². The average molecular weight is 522 g/mol. The molecule has 0 amide bonds. The van der Waals surface area contributed by atoms with Gasteiger partial charge in [0.1, 0.15) is 5.54 Å². The van der Waals surface area contributed by atoms with Crippen LogP contribution in [-0.4, -0.2) is 51.5 Å². The van der Waals surface area contributed by atoms with Gasteiger partial charge in [0, 0.05) is 17.2 Å². The Hall–Kier alpha value is -4.36. The van der Waals surface area contributed by atoms with Crippen molar-refractivity contribution in [3.05, 3.63) is 95.1 Å². The predicted molar refractivity (Wildman–Crippen MR) is 145 cm³/mol. The monoisotopic (exact) mass is 521 g/mol. The Balaban J connectivity index is 1.52. The average Bonchev–Trinajstić information content (AvgIpc) is 3.61. The molecule has 2 fully saturated rings. The highest BCUT2D eigenvalue weighted by Gasteiger charge is 2.69. The maximum atomic E-state index is 14.8. The Morgan fingerprint density at radius 2 is 1.72 bits per heavy atom. The van der Waals surface area contributed by atoms with Crippen LogP contribution in [0.2, 0.25) is 0 Å². The Bertz CT molecular complexity index is 1710. The van der Waals surface area contributed by atoms with E-state index in [0.717, 1.165) is 22.8 Å².